The van der Waals surface area contributed by atoms with E-state index in [0.717, 1.165) is 24.6 Å². The van der Waals surface area contributed by atoms with Gasteiger partial charge in [0.15, 0.2) is 0 Å². The largest absolute Gasteiger partial charge is 0.465 e. The summed E-state index contributed by atoms with van der Waals surface area (Å²) in [5, 5.41) is 3.43. The first-order valence-corrected chi connectivity index (χ1v) is 6.28. The van der Waals surface area contributed by atoms with Crippen LogP contribution in [0.25, 0.3) is 0 Å². The number of hydrogen-bond acceptors (Lipinski definition) is 2. The molecule has 1 aliphatic carbocycles. The predicted molar refractivity (Wildman–Crippen MR) is 66.3 cm³/mol. The molecule has 1 N–H and O–H groups in total. The van der Waals surface area contributed by atoms with E-state index < -0.39 is 0 Å². The first kappa shape index (κ1) is 11.5. The lowest BCUT2D eigenvalue weighted by molar-refractivity contribution is 0.462. The second-order valence-electron chi connectivity index (χ2n) is 4.55. The van der Waals surface area contributed by atoms with Gasteiger partial charge in [0.25, 0.3) is 0 Å². The van der Waals surface area contributed by atoms with E-state index >= 15 is 0 Å². The lowest BCUT2D eigenvalue weighted by atomic mass is 9.97. The van der Waals surface area contributed by atoms with Gasteiger partial charge in [-0.2, -0.15) is 0 Å². The maximum absolute atomic E-state index is 5.50. The van der Waals surface area contributed by atoms with Gasteiger partial charge in [-0.05, 0) is 57.7 Å². The lowest BCUT2D eigenvalue weighted by Crippen LogP contribution is -2.15. The summed E-state index contributed by atoms with van der Waals surface area (Å²) in [5.74, 6) is 2.03. The van der Waals surface area contributed by atoms with E-state index in [1.165, 1.54) is 32.1 Å². The molecule has 1 aliphatic rings. The quantitative estimate of drug-likeness (QED) is 0.605. The molecule has 0 radical (unpaired) electrons. The Morgan fingerprint density at radius 3 is 2.94 bits per heavy atom. The van der Waals surface area contributed by atoms with Crippen molar-refractivity contribution in [1.29, 1.82) is 0 Å². The zero-order valence-electron chi connectivity index (χ0n) is 10.1. The van der Waals surface area contributed by atoms with Crippen molar-refractivity contribution in [2.45, 2.75) is 45.6 Å². The molecule has 1 aromatic rings. The van der Waals surface area contributed by atoms with Crippen LogP contribution in [0.1, 0.15) is 43.6 Å². The summed E-state index contributed by atoms with van der Waals surface area (Å²) in [6.07, 6.45) is 8.96. The number of rotatable bonds is 5. The highest BCUT2D eigenvalue weighted by atomic mass is 16.3. The molecule has 2 rings (SSSR count). The van der Waals surface area contributed by atoms with Gasteiger partial charge in [-0.25, -0.2) is 0 Å². The minimum atomic E-state index is 0.848. The van der Waals surface area contributed by atoms with Crippen LogP contribution < -0.4 is 5.32 Å². The van der Waals surface area contributed by atoms with Gasteiger partial charge in [0.05, 0.1) is 6.54 Å². The van der Waals surface area contributed by atoms with Crippen LogP contribution in [0, 0.1) is 6.92 Å². The smallest absolute Gasteiger partial charge is 0.117 e. The summed E-state index contributed by atoms with van der Waals surface area (Å²) in [7, 11) is 0. The molecule has 0 saturated carbocycles. The average molecular weight is 219 g/mol. The van der Waals surface area contributed by atoms with E-state index in [0.29, 0.717) is 0 Å². The van der Waals surface area contributed by atoms with Gasteiger partial charge in [-0.3, -0.25) is 0 Å². The predicted octanol–water partition coefficient (Wildman–Crippen LogP) is 3.57. The highest BCUT2D eigenvalue weighted by Crippen LogP contribution is 2.19. The average Bonchev–Trinajstić information content (AvgIpc) is 2.72. The molecule has 0 spiro atoms. The summed E-state index contributed by atoms with van der Waals surface area (Å²) in [6.45, 7) is 3.89. The molecule has 88 valence electrons. The van der Waals surface area contributed by atoms with Crippen molar-refractivity contribution in [3.05, 3.63) is 35.3 Å². The highest BCUT2D eigenvalue weighted by molar-refractivity contribution is 5.06. The van der Waals surface area contributed by atoms with Gasteiger partial charge in [-0.15, -0.1) is 0 Å². The molecule has 0 saturated heterocycles. The zero-order valence-corrected chi connectivity index (χ0v) is 10.1. The Balaban J connectivity index is 1.63. The standard InChI is InChI=1S/C14H21NO/c1-12-7-8-14(16-12)11-15-10-9-13-5-3-2-4-6-13/h5,7-8,15H,2-4,6,9-11H2,1H3. The molecule has 0 unspecified atom stereocenters. The van der Waals surface area contributed by atoms with Gasteiger partial charge in [0.1, 0.15) is 11.5 Å². The molecule has 1 aromatic heterocycles. The summed E-state index contributed by atoms with van der Waals surface area (Å²) < 4.78 is 5.50. The summed E-state index contributed by atoms with van der Waals surface area (Å²) >= 11 is 0. The number of hydrogen-bond donors (Lipinski definition) is 1. The monoisotopic (exact) mass is 219 g/mol. The maximum atomic E-state index is 5.50. The van der Waals surface area contributed by atoms with Gasteiger partial charge in [0, 0.05) is 0 Å². The van der Waals surface area contributed by atoms with Crippen LogP contribution in [-0.2, 0) is 6.54 Å². The summed E-state index contributed by atoms with van der Waals surface area (Å²) in [4.78, 5) is 0. The van der Waals surface area contributed by atoms with E-state index in [2.05, 4.69) is 11.4 Å². The Labute approximate surface area is 97.7 Å². The Bertz CT molecular complexity index is 351. The van der Waals surface area contributed by atoms with Crippen molar-refractivity contribution in [2.75, 3.05) is 6.54 Å². The zero-order chi connectivity index (χ0) is 11.2. The van der Waals surface area contributed by atoms with E-state index in [9.17, 15) is 0 Å². The van der Waals surface area contributed by atoms with E-state index in [1.54, 1.807) is 5.57 Å². The van der Waals surface area contributed by atoms with Crippen molar-refractivity contribution >= 4 is 0 Å². The molecule has 16 heavy (non-hydrogen) atoms. The Kier molecular flexibility index (Phi) is 4.23. The van der Waals surface area contributed by atoms with Crippen LogP contribution in [0.4, 0.5) is 0 Å². The number of nitrogens with one attached hydrogen (secondary N) is 1. The van der Waals surface area contributed by atoms with Gasteiger partial charge in [0.2, 0.25) is 0 Å². The highest BCUT2D eigenvalue weighted by Gasteiger charge is 2.03. The molecule has 0 bridgehead atoms. The molecule has 0 amide bonds. The van der Waals surface area contributed by atoms with Crippen molar-refractivity contribution < 1.29 is 4.42 Å². The van der Waals surface area contributed by atoms with Gasteiger partial charge >= 0.3 is 0 Å². The normalized spacial score (nSPS) is 16.2. The first-order chi connectivity index (χ1) is 7.84. The SMILES string of the molecule is Cc1ccc(CNCCC2=CCCCC2)o1. The fourth-order valence-corrected chi connectivity index (χ4v) is 2.17. The molecule has 2 nitrogen and oxygen atoms in total. The molecule has 1 heterocycles. The Hall–Kier alpha value is -1.02. The van der Waals surface area contributed by atoms with Crippen molar-refractivity contribution in [1.82, 2.24) is 5.32 Å². The summed E-state index contributed by atoms with van der Waals surface area (Å²) in [5.41, 5.74) is 1.63. The Morgan fingerprint density at radius 2 is 2.25 bits per heavy atom. The van der Waals surface area contributed by atoms with Crippen LogP contribution in [0.15, 0.2) is 28.2 Å². The molecule has 0 atom stereocenters. The third-order valence-electron chi connectivity index (χ3n) is 3.10. The van der Waals surface area contributed by atoms with Crippen LogP contribution >= 0.6 is 0 Å². The number of allylic oxidation sites excluding steroid dienone is 1. The molecule has 0 aliphatic heterocycles. The van der Waals surface area contributed by atoms with Gasteiger partial charge < -0.3 is 9.73 Å². The summed E-state index contributed by atoms with van der Waals surface area (Å²) in [6, 6.07) is 4.06. The molecule has 0 fully saturated rings. The number of furan rings is 1. The van der Waals surface area contributed by atoms with Crippen molar-refractivity contribution in [2.24, 2.45) is 0 Å². The molecule has 2 heteroatoms. The molecule has 0 aromatic carbocycles. The second-order valence-corrected chi connectivity index (χ2v) is 4.55. The number of aryl methyl sites for hydroxylation is 1. The Morgan fingerprint density at radius 1 is 1.31 bits per heavy atom. The topological polar surface area (TPSA) is 25.2 Å². The van der Waals surface area contributed by atoms with Crippen molar-refractivity contribution in [3.8, 4) is 0 Å². The fraction of sp³-hybridized carbons (Fsp3) is 0.571. The third kappa shape index (κ3) is 3.53. The van der Waals surface area contributed by atoms with Crippen LogP contribution in [0.3, 0.4) is 0 Å². The minimum absolute atomic E-state index is 0.848. The van der Waals surface area contributed by atoms with E-state index in [4.69, 9.17) is 4.42 Å². The first-order valence-electron chi connectivity index (χ1n) is 6.28. The van der Waals surface area contributed by atoms with Crippen molar-refractivity contribution in [3.63, 3.8) is 0 Å². The van der Waals surface area contributed by atoms with Crippen LogP contribution in [0.2, 0.25) is 0 Å². The second kappa shape index (κ2) is 5.90. The van der Waals surface area contributed by atoms with Crippen LogP contribution in [-0.4, -0.2) is 6.54 Å². The van der Waals surface area contributed by atoms with E-state index in [-0.39, 0.29) is 0 Å². The lowest BCUT2D eigenvalue weighted by Gasteiger charge is -2.12. The maximum Gasteiger partial charge on any atom is 0.117 e. The minimum Gasteiger partial charge on any atom is -0.465 e. The third-order valence-corrected chi connectivity index (χ3v) is 3.10. The molecular formula is C14H21NO. The van der Waals surface area contributed by atoms with Gasteiger partial charge in [-0.1, -0.05) is 11.6 Å². The van der Waals surface area contributed by atoms with Crippen LogP contribution in [0.5, 0.6) is 0 Å². The molecular weight excluding hydrogens is 198 g/mol. The van der Waals surface area contributed by atoms with E-state index in [1.807, 2.05) is 19.1 Å². The fourth-order valence-electron chi connectivity index (χ4n) is 2.17.